The predicted octanol–water partition coefficient (Wildman–Crippen LogP) is 6.10. The van der Waals surface area contributed by atoms with Crippen molar-refractivity contribution < 1.29 is 14.3 Å². The van der Waals surface area contributed by atoms with E-state index in [2.05, 4.69) is 41.2 Å². The molecule has 3 aromatic carbocycles. The molecule has 1 amide bonds. The molecule has 2 heterocycles. The van der Waals surface area contributed by atoms with Crippen LogP contribution in [0.3, 0.4) is 0 Å². The second-order valence-corrected chi connectivity index (χ2v) is 9.07. The first-order valence-corrected chi connectivity index (χ1v) is 12.7. The second-order valence-electron chi connectivity index (χ2n) is 9.07. The van der Waals surface area contributed by atoms with Crippen LogP contribution in [0.1, 0.15) is 42.3 Å². The van der Waals surface area contributed by atoms with Crippen LogP contribution in [0.25, 0.3) is 0 Å². The maximum absolute atomic E-state index is 13.3. The summed E-state index contributed by atoms with van der Waals surface area (Å²) >= 11 is 0. The summed E-state index contributed by atoms with van der Waals surface area (Å²) in [6.45, 7) is 7.50. The van der Waals surface area contributed by atoms with Gasteiger partial charge in [-0.05, 0) is 68.4 Å². The molecule has 4 aromatic rings. The molecule has 1 aliphatic heterocycles. The number of hydrogen-bond donors (Lipinski definition) is 1. The van der Waals surface area contributed by atoms with Crippen molar-refractivity contribution in [3.63, 3.8) is 0 Å². The van der Waals surface area contributed by atoms with Gasteiger partial charge in [0.1, 0.15) is 0 Å². The van der Waals surface area contributed by atoms with E-state index in [-0.39, 0.29) is 5.91 Å². The summed E-state index contributed by atoms with van der Waals surface area (Å²) in [5.41, 5.74) is 4.01. The van der Waals surface area contributed by atoms with Gasteiger partial charge in [-0.1, -0.05) is 30.3 Å². The van der Waals surface area contributed by atoms with Crippen molar-refractivity contribution in [2.75, 3.05) is 28.2 Å². The minimum absolute atomic E-state index is 0.146. The Hall–Kier alpha value is -4.65. The van der Waals surface area contributed by atoms with Gasteiger partial charge in [-0.2, -0.15) is 0 Å². The highest BCUT2D eigenvalue weighted by atomic mass is 16.6. The molecule has 0 saturated carbocycles. The van der Waals surface area contributed by atoms with Crippen molar-refractivity contribution >= 4 is 34.6 Å². The average molecular weight is 507 g/mol. The Morgan fingerprint density at radius 3 is 2.13 bits per heavy atom. The average Bonchev–Trinajstić information content (AvgIpc) is 3.24. The van der Waals surface area contributed by atoms with Gasteiger partial charge in [0.05, 0.1) is 11.1 Å². The zero-order valence-electron chi connectivity index (χ0n) is 21.7. The number of carbonyl (C=O) groups excluding carboxylic acids is 2. The molecular formula is C31H30N4O3. The van der Waals surface area contributed by atoms with Gasteiger partial charge in [-0.3, -0.25) is 14.7 Å². The first kappa shape index (κ1) is 25.0. The van der Waals surface area contributed by atoms with Gasteiger partial charge in [0, 0.05) is 60.7 Å². The Morgan fingerprint density at radius 2 is 1.50 bits per heavy atom. The van der Waals surface area contributed by atoms with Gasteiger partial charge >= 0.3 is 5.97 Å². The van der Waals surface area contributed by atoms with E-state index in [9.17, 15) is 9.59 Å². The van der Waals surface area contributed by atoms with E-state index in [4.69, 9.17) is 4.74 Å². The summed E-state index contributed by atoms with van der Waals surface area (Å²) in [4.78, 5) is 33.6. The number of benzene rings is 3. The summed E-state index contributed by atoms with van der Waals surface area (Å²) in [6.07, 6.45) is 3.31. The number of fused-ring (bicyclic) bond motifs is 1. The van der Waals surface area contributed by atoms with Gasteiger partial charge in [0.25, 0.3) is 0 Å². The number of nitrogens with one attached hydrogen (secondary N) is 1. The van der Waals surface area contributed by atoms with Crippen LogP contribution in [-0.2, 0) is 15.3 Å². The van der Waals surface area contributed by atoms with Crippen LogP contribution >= 0.6 is 0 Å². The van der Waals surface area contributed by atoms with Crippen molar-refractivity contribution in [3.05, 3.63) is 114 Å². The molecule has 0 bridgehead atoms. The molecule has 5 rings (SSSR count). The number of para-hydroxylation sites is 1. The number of nitrogens with zero attached hydrogens (tertiary/aromatic N) is 3. The van der Waals surface area contributed by atoms with Crippen LogP contribution in [0.2, 0.25) is 0 Å². The van der Waals surface area contributed by atoms with Gasteiger partial charge in [0.15, 0.2) is 0 Å². The minimum Gasteiger partial charge on any atom is -0.426 e. The Kier molecular flexibility index (Phi) is 6.83. The van der Waals surface area contributed by atoms with E-state index in [1.165, 1.54) is 6.92 Å². The first-order chi connectivity index (χ1) is 18.5. The normalized spacial score (nSPS) is 15.9. The fourth-order valence-electron chi connectivity index (χ4n) is 5.07. The highest BCUT2D eigenvalue weighted by Gasteiger charge is 2.52. The smallest absolute Gasteiger partial charge is 0.341 e. The third kappa shape index (κ3) is 4.36. The zero-order valence-corrected chi connectivity index (χ0v) is 21.7. The zero-order chi connectivity index (χ0) is 26.7. The van der Waals surface area contributed by atoms with E-state index < -0.39 is 11.7 Å². The van der Waals surface area contributed by atoms with Gasteiger partial charge in [0.2, 0.25) is 11.6 Å². The molecule has 0 saturated heterocycles. The van der Waals surface area contributed by atoms with E-state index in [1.54, 1.807) is 18.5 Å². The van der Waals surface area contributed by atoms with Crippen LogP contribution in [0.15, 0.2) is 97.3 Å². The summed E-state index contributed by atoms with van der Waals surface area (Å²) in [5, 5.41) is 2.81. The lowest BCUT2D eigenvalue weighted by Crippen LogP contribution is -2.45. The predicted molar refractivity (Wildman–Crippen MR) is 150 cm³/mol. The monoisotopic (exact) mass is 506 g/mol. The number of rotatable bonds is 8. The van der Waals surface area contributed by atoms with Gasteiger partial charge in [-0.15, -0.1) is 0 Å². The van der Waals surface area contributed by atoms with Crippen LogP contribution in [0.4, 0.5) is 22.7 Å². The molecule has 192 valence electrons. The standard InChI is InChI=1S/C31H30N4O3/c1-4-34(5-2)25-15-11-23(12-16-25)31(29-21-32-20-19-28(29)30(37)38-31)35(26-9-7-6-8-10-26)27-17-13-24(14-18-27)33-22(3)36/h6-21H,4-5H2,1-3H3,(H,33,36). The summed E-state index contributed by atoms with van der Waals surface area (Å²) in [5.74, 6) is -0.557. The Morgan fingerprint density at radius 1 is 0.868 bits per heavy atom. The largest absolute Gasteiger partial charge is 0.426 e. The number of aromatic nitrogens is 1. The van der Waals surface area contributed by atoms with E-state index in [1.807, 2.05) is 71.6 Å². The van der Waals surface area contributed by atoms with Crippen molar-refractivity contribution in [3.8, 4) is 0 Å². The highest BCUT2D eigenvalue weighted by Crippen LogP contribution is 2.50. The quantitative estimate of drug-likeness (QED) is 0.291. The third-order valence-electron chi connectivity index (χ3n) is 6.81. The number of ether oxygens (including phenoxy) is 1. The molecule has 0 radical (unpaired) electrons. The fourth-order valence-corrected chi connectivity index (χ4v) is 5.07. The Bertz CT molecular complexity index is 1430. The lowest BCUT2D eigenvalue weighted by atomic mass is 9.91. The molecule has 1 atom stereocenters. The molecular weight excluding hydrogens is 476 g/mol. The van der Waals surface area contributed by atoms with Gasteiger partial charge < -0.3 is 15.0 Å². The molecule has 38 heavy (non-hydrogen) atoms. The van der Waals surface area contributed by atoms with Gasteiger partial charge in [-0.25, -0.2) is 4.79 Å². The number of carbonyl (C=O) groups is 2. The number of pyridine rings is 1. The van der Waals surface area contributed by atoms with E-state index >= 15 is 0 Å². The molecule has 1 unspecified atom stereocenters. The fraction of sp³-hybridized carbons (Fsp3) is 0.194. The third-order valence-corrected chi connectivity index (χ3v) is 6.81. The number of anilines is 4. The van der Waals surface area contributed by atoms with Crippen LogP contribution in [0, 0.1) is 0 Å². The lowest BCUT2D eigenvalue weighted by Gasteiger charge is -2.42. The highest BCUT2D eigenvalue weighted by molar-refractivity contribution is 5.96. The van der Waals surface area contributed by atoms with E-state index in [0.717, 1.165) is 35.7 Å². The second kappa shape index (κ2) is 10.4. The first-order valence-electron chi connectivity index (χ1n) is 12.7. The summed E-state index contributed by atoms with van der Waals surface area (Å²) in [6, 6.07) is 27.2. The number of esters is 1. The Labute approximate surface area is 222 Å². The molecule has 7 nitrogen and oxygen atoms in total. The number of amides is 1. The molecule has 1 aliphatic rings. The molecule has 0 aliphatic carbocycles. The molecule has 7 heteroatoms. The molecule has 1 N–H and O–H groups in total. The van der Waals surface area contributed by atoms with E-state index in [0.29, 0.717) is 16.8 Å². The maximum Gasteiger partial charge on any atom is 0.341 e. The minimum atomic E-state index is -1.31. The lowest BCUT2D eigenvalue weighted by molar-refractivity contribution is -0.114. The Balaban J connectivity index is 1.75. The molecule has 0 fully saturated rings. The molecule has 1 aromatic heterocycles. The number of cyclic esters (lactones) is 1. The van der Waals surface area contributed by atoms with Crippen molar-refractivity contribution in [2.24, 2.45) is 0 Å². The van der Waals surface area contributed by atoms with Crippen molar-refractivity contribution in [2.45, 2.75) is 26.5 Å². The van der Waals surface area contributed by atoms with Crippen molar-refractivity contribution in [1.82, 2.24) is 4.98 Å². The maximum atomic E-state index is 13.3. The number of hydrogen-bond acceptors (Lipinski definition) is 6. The van der Waals surface area contributed by atoms with Crippen LogP contribution in [-0.4, -0.2) is 29.9 Å². The topological polar surface area (TPSA) is 74.8 Å². The summed E-state index contributed by atoms with van der Waals surface area (Å²) < 4.78 is 6.39. The summed E-state index contributed by atoms with van der Waals surface area (Å²) in [7, 11) is 0. The van der Waals surface area contributed by atoms with Crippen LogP contribution in [0.5, 0.6) is 0 Å². The molecule has 0 spiro atoms. The van der Waals surface area contributed by atoms with Crippen molar-refractivity contribution in [1.29, 1.82) is 0 Å². The SMILES string of the molecule is CCN(CC)c1ccc(C2(N(c3ccccc3)c3ccc(NC(C)=O)cc3)OC(=O)c3ccncc32)cc1. The van der Waals surface area contributed by atoms with Crippen LogP contribution < -0.4 is 15.1 Å².